The smallest absolute Gasteiger partial charge is 0.410 e. The van der Waals surface area contributed by atoms with E-state index in [2.05, 4.69) is 28.0 Å². The molecule has 146 valence electrons. The molecule has 2 N–H and O–H groups in total. The van der Waals surface area contributed by atoms with Crippen molar-refractivity contribution in [1.29, 1.82) is 0 Å². The van der Waals surface area contributed by atoms with E-state index in [-0.39, 0.29) is 6.09 Å². The quantitative estimate of drug-likeness (QED) is 0.777. The van der Waals surface area contributed by atoms with Gasteiger partial charge in [-0.05, 0) is 68.6 Å². The number of rotatable bonds is 2. The number of likely N-dealkylation sites (tertiary alicyclic amines) is 1. The van der Waals surface area contributed by atoms with Crippen LogP contribution in [-0.4, -0.2) is 45.4 Å². The highest BCUT2D eigenvalue weighted by atomic mass is 79.9. The number of hydrogen-bond acceptors (Lipinski definition) is 4. The number of nitrogens with zero attached hydrogens (tertiary/aromatic N) is 3. The van der Waals surface area contributed by atoms with Crippen molar-refractivity contribution in [1.82, 2.24) is 14.7 Å². The summed E-state index contributed by atoms with van der Waals surface area (Å²) in [6.07, 6.45) is 1.37. The Balaban J connectivity index is 1.97. The SMILES string of the molecule is CC(C)(C)OC(=O)N1CCCC(C)(n2nc3c(C(N)=O)cccc3c2Br)C1. The zero-order valence-corrected chi connectivity index (χ0v) is 17.7. The van der Waals surface area contributed by atoms with Gasteiger partial charge < -0.3 is 15.4 Å². The van der Waals surface area contributed by atoms with Crippen LogP contribution in [0.1, 0.15) is 50.9 Å². The number of ether oxygens (including phenoxy) is 1. The average molecular weight is 437 g/mol. The first-order chi connectivity index (χ1) is 12.5. The lowest BCUT2D eigenvalue weighted by Gasteiger charge is -2.41. The molecule has 1 saturated heterocycles. The van der Waals surface area contributed by atoms with Gasteiger partial charge in [-0.15, -0.1) is 0 Å². The molecular weight excluding hydrogens is 412 g/mol. The molecule has 2 aromatic rings. The Morgan fingerprint density at radius 2 is 2.04 bits per heavy atom. The first kappa shape index (κ1) is 19.7. The summed E-state index contributed by atoms with van der Waals surface area (Å²) in [5, 5.41) is 5.51. The summed E-state index contributed by atoms with van der Waals surface area (Å²) in [5.41, 5.74) is 5.48. The van der Waals surface area contributed by atoms with Gasteiger partial charge in [-0.3, -0.25) is 4.79 Å². The van der Waals surface area contributed by atoms with Gasteiger partial charge in [0.25, 0.3) is 5.91 Å². The Kier molecular flexibility index (Phi) is 4.96. The van der Waals surface area contributed by atoms with Gasteiger partial charge >= 0.3 is 6.09 Å². The third-order valence-corrected chi connectivity index (χ3v) is 5.51. The van der Waals surface area contributed by atoms with Crippen LogP contribution in [0.5, 0.6) is 0 Å². The number of primary amides is 1. The van der Waals surface area contributed by atoms with Crippen molar-refractivity contribution >= 4 is 38.8 Å². The van der Waals surface area contributed by atoms with Crippen LogP contribution in [0.4, 0.5) is 4.79 Å². The van der Waals surface area contributed by atoms with E-state index in [4.69, 9.17) is 10.5 Å². The van der Waals surface area contributed by atoms with E-state index in [1.54, 1.807) is 17.0 Å². The van der Waals surface area contributed by atoms with E-state index < -0.39 is 17.0 Å². The highest BCUT2D eigenvalue weighted by Gasteiger charge is 2.38. The molecular formula is C19H25BrN4O3. The Morgan fingerprint density at radius 1 is 1.33 bits per heavy atom. The standard InChI is InChI=1S/C19H25BrN4O3/c1-18(2,3)27-17(26)23-10-6-9-19(4,11-23)24-15(20)12-7-5-8-13(16(21)25)14(12)22-24/h5,7-8H,6,9-11H2,1-4H3,(H2,21,25). The lowest BCUT2D eigenvalue weighted by atomic mass is 9.91. The first-order valence-electron chi connectivity index (χ1n) is 8.97. The lowest BCUT2D eigenvalue weighted by Crippen LogP contribution is -2.51. The van der Waals surface area contributed by atoms with E-state index >= 15 is 0 Å². The van der Waals surface area contributed by atoms with Crippen LogP contribution >= 0.6 is 15.9 Å². The van der Waals surface area contributed by atoms with E-state index in [1.807, 2.05) is 31.5 Å². The molecule has 2 amide bonds. The van der Waals surface area contributed by atoms with Crippen LogP contribution in [0.2, 0.25) is 0 Å². The minimum absolute atomic E-state index is 0.320. The van der Waals surface area contributed by atoms with E-state index in [9.17, 15) is 9.59 Å². The summed E-state index contributed by atoms with van der Waals surface area (Å²) in [6.45, 7) is 8.75. The van der Waals surface area contributed by atoms with Gasteiger partial charge in [0.2, 0.25) is 0 Å². The van der Waals surface area contributed by atoms with E-state index in [0.717, 1.165) is 22.8 Å². The molecule has 0 aliphatic carbocycles. The fraction of sp³-hybridized carbons (Fsp3) is 0.526. The molecule has 0 radical (unpaired) electrons. The van der Waals surface area contributed by atoms with Crippen molar-refractivity contribution in [3.05, 3.63) is 28.4 Å². The Hall–Kier alpha value is -2.09. The minimum atomic E-state index is -0.539. The second-order valence-corrected chi connectivity index (χ2v) is 9.02. The molecule has 1 atom stereocenters. The number of benzene rings is 1. The maximum absolute atomic E-state index is 12.5. The summed E-state index contributed by atoms with van der Waals surface area (Å²) in [5.74, 6) is -0.512. The Labute approximate surface area is 166 Å². The van der Waals surface area contributed by atoms with Gasteiger partial charge in [-0.2, -0.15) is 5.10 Å². The van der Waals surface area contributed by atoms with E-state index in [0.29, 0.717) is 24.2 Å². The van der Waals surface area contributed by atoms with Gasteiger partial charge in [-0.1, -0.05) is 6.07 Å². The third-order valence-electron chi connectivity index (χ3n) is 4.75. The first-order valence-corrected chi connectivity index (χ1v) is 9.77. The minimum Gasteiger partial charge on any atom is -0.444 e. The summed E-state index contributed by atoms with van der Waals surface area (Å²) < 4.78 is 8.16. The number of aromatic nitrogens is 2. The summed E-state index contributed by atoms with van der Waals surface area (Å²) >= 11 is 3.63. The van der Waals surface area contributed by atoms with Crippen molar-refractivity contribution < 1.29 is 14.3 Å². The second kappa shape index (κ2) is 6.82. The molecule has 1 aliphatic rings. The van der Waals surface area contributed by atoms with Gasteiger partial charge in [0, 0.05) is 18.5 Å². The van der Waals surface area contributed by atoms with Gasteiger partial charge in [-0.25, -0.2) is 9.48 Å². The highest BCUT2D eigenvalue weighted by molar-refractivity contribution is 9.10. The number of piperidine rings is 1. The highest BCUT2D eigenvalue weighted by Crippen LogP contribution is 2.36. The number of nitrogens with two attached hydrogens (primary N) is 1. The molecule has 8 heteroatoms. The molecule has 1 aromatic heterocycles. The van der Waals surface area contributed by atoms with Crippen LogP contribution in [-0.2, 0) is 10.3 Å². The number of carbonyl (C=O) groups is 2. The topological polar surface area (TPSA) is 90.4 Å². The Morgan fingerprint density at radius 3 is 2.67 bits per heavy atom. The fourth-order valence-electron chi connectivity index (χ4n) is 3.51. The van der Waals surface area contributed by atoms with Crippen LogP contribution in [0.25, 0.3) is 10.9 Å². The number of carbonyl (C=O) groups excluding carboxylic acids is 2. The van der Waals surface area contributed by atoms with Crippen LogP contribution < -0.4 is 5.73 Å². The summed E-state index contributed by atoms with van der Waals surface area (Å²) in [6, 6.07) is 5.35. The number of hydrogen-bond donors (Lipinski definition) is 1. The maximum Gasteiger partial charge on any atom is 0.410 e. The molecule has 1 aliphatic heterocycles. The molecule has 0 spiro atoms. The summed E-state index contributed by atoms with van der Waals surface area (Å²) in [4.78, 5) is 26.0. The molecule has 3 rings (SSSR count). The summed E-state index contributed by atoms with van der Waals surface area (Å²) in [7, 11) is 0. The predicted molar refractivity (Wildman–Crippen MR) is 107 cm³/mol. The fourth-order valence-corrected chi connectivity index (χ4v) is 4.33. The zero-order valence-electron chi connectivity index (χ0n) is 16.1. The zero-order chi connectivity index (χ0) is 20.0. The lowest BCUT2D eigenvalue weighted by molar-refractivity contribution is 0.00668. The second-order valence-electron chi connectivity index (χ2n) is 8.27. The van der Waals surface area contributed by atoms with Gasteiger partial charge in [0.1, 0.15) is 15.7 Å². The maximum atomic E-state index is 12.5. The largest absolute Gasteiger partial charge is 0.444 e. The molecule has 1 fully saturated rings. The molecule has 1 aromatic carbocycles. The van der Waals surface area contributed by atoms with Crippen LogP contribution in [0, 0.1) is 0 Å². The third kappa shape index (κ3) is 3.81. The van der Waals surface area contributed by atoms with Crippen LogP contribution in [0.3, 0.4) is 0 Å². The number of amides is 2. The van der Waals surface area contributed by atoms with Gasteiger partial charge in [0.05, 0.1) is 11.1 Å². The molecule has 27 heavy (non-hydrogen) atoms. The van der Waals surface area contributed by atoms with Crippen LogP contribution in [0.15, 0.2) is 22.8 Å². The van der Waals surface area contributed by atoms with Crippen molar-refractivity contribution in [3.8, 4) is 0 Å². The normalized spacial score (nSPS) is 20.7. The van der Waals surface area contributed by atoms with Gasteiger partial charge in [0.15, 0.2) is 0 Å². The number of fused-ring (bicyclic) bond motifs is 1. The number of halogens is 1. The molecule has 1 unspecified atom stereocenters. The van der Waals surface area contributed by atoms with E-state index in [1.165, 1.54) is 0 Å². The Bertz CT molecular complexity index is 902. The molecule has 2 heterocycles. The average Bonchev–Trinajstić information content (AvgIpc) is 2.91. The predicted octanol–water partition coefficient (Wildman–Crippen LogP) is 3.64. The molecule has 0 bridgehead atoms. The van der Waals surface area contributed by atoms with Crippen molar-refractivity contribution in [2.45, 2.75) is 51.7 Å². The van der Waals surface area contributed by atoms with Crippen molar-refractivity contribution in [2.24, 2.45) is 5.73 Å². The molecule has 0 saturated carbocycles. The van der Waals surface area contributed by atoms with Crippen molar-refractivity contribution in [2.75, 3.05) is 13.1 Å². The monoisotopic (exact) mass is 436 g/mol. The molecule has 7 nitrogen and oxygen atoms in total. The van der Waals surface area contributed by atoms with Crippen molar-refractivity contribution in [3.63, 3.8) is 0 Å².